The summed E-state index contributed by atoms with van der Waals surface area (Å²) in [5, 5.41) is 3.62. The number of methoxy groups -OCH3 is 1. The van der Waals surface area contributed by atoms with Crippen molar-refractivity contribution in [2.24, 2.45) is 0 Å². The number of aromatic nitrogens is 2. The molecule has 0 amide bonds. The topological polar surface area (TPSA) is 47.0 Å². The second kappa shape index (κ2) is 6.96. The van der Waals surface area contributed by atoms with E-state index in [-0.39, 0.29) is 6.10 Å². The highest BCUT2D eigenvalue weighted by atomic mass is 16.5. The van der Waals surface area contributed by atoms with Crippen LogP contribution in [-0.4, -0.2) is 23.6 Å². The molecular weight excluding hydrogens is 238 g/mol. The van der Waals surface area contributed by atoms with Gasteiger partial charge < -0.3 is 10.1 Å². The van der Waals surface area contributed by atoms with E-state index in [4.69, 9.17) is 9.72 Å². The number of rotatable bonds is 5. The van der Waals surface area contributed by atoms with Gasteiger partial charge in [-0.15, -0.1) is 0 Å². The highest BCUT2D eigenvalue weighted by Crippen LogP contribution is 2.28. The second-order valence-electron chi connectivity index (χ2n) is 5.26. The van der Waals surface area contributed by atoms with Crippen molar-refractivity contribution in [2.45, 2.75) is 58.1 Å². The van der Waals surface area contributed by atoms with Crippen molar-refractivity contribution in [3.8, 4) is 0 Å². The highest BCUT2D eigenvalue weighted by Gasteiger charge is 2.21. The van der Waals surface area contributed by atoms with Gasteiger partial charge in [-0.05, 0) is 39.2 Å². The Morgan fingerprint density at radius 3 is 3.05 bits per heavy atom. The Labute approximate surface area is 116 Å². The van der Waals surface area contributed by atoms with Crippen LogP contribution in [0, 0.1) is 0 Å². The van der Waals surface area contributed by atoms with Crippen LogP contribution in [0.1, 0.15) is 68.8 Å². The minimum atomic E-state index is -0.0318. The third-order valence-corrected chi connectivity index (χ3v) is 3.81. The zero-order valence-electron chi connectivity index (χ0n) is 12.3. The number of hydrogen-bond donors (Lipinski definition) is 1. The summed E-state index contributed by atoms with van der Waals surface area (Å²) in [5.41, 5.74) is 2.50. The highest BCUT2D eigenvalue weighted by molar-refractivity contribution is 5.23. The molecule has 2 unspecified atom stereocenters. The average molecular weight is 263 g/mol. The molecule has 0 spiro atoms. The SMILES string of the molecule is CCCNC1CCCCc2nc(C(C)OC)ncc21. The fourth-order valence-electron chi connectivity index (χ4n) is 2.56. The molecule has 0 saturated carbocycles. The summed E-state index contributed by atoms with van der Waals surface area (Å²) in [6.07, 6.45) is 7.86. The van der Waals surface area contributed by atoms with Gasteiger partial charge in [0.25, 0.3) is 0 Å². The van der Waals surface area contributed by atoms with Gasteiger partial charge >= 0.3 is 0 Å². The standard InChI is InChI=1S/C15H25N3O/c1-4-9-16-13-7-5-6-8-14-12(13)10-17-15(18-14)11(2)19-3/h10-11,13,16H,4-9H2,1-3H3. The Morgan fingerprint density at radius 1 is 1.47 bits per heavy atom. The van der Waals surface area contributed by atoms with Crippen LogP contribution < -0.4 is 5.32 Å². The lowest BCUT2D eigenvalue weighted by Gasteiger charge is -2.19. The van der Waals surface area contributed by atoms with Crippen LogP contribution in [-0.2, 0) is 11.2 Å². The van der Waals surface area contributed by atoms with Crippen molar-refractivity contribution >= 4 is 0 Å². The minimum Gasteiger partial charge on any atom is -0.374 e. The molecule has 1 aliphatic carbocycles. The Bertz CT molecular complexity index is 408. The van der Waals surface area contributed by atoms with Crippen molar-refractivity contribution in [1.29, 1.82) is 0 Å². The van der Waals surface area contributed by atoms with Crippen LogP contribution in [0.3, 0.4) is 0 Å². The van der Waals surface area contributed by atoms with E-state index < -0.39 is 0 Å². The predicted octanol–water partition coefficient (Wildman–Crippen LogP) is 2.95. The first kappa shape index (κ1) is 14.4. The van der Waals surface area contributed by atoms with Gasteiger partial charge in [0.2, 0.25) is 0 Å². The fraction of sp³-hybridized carbons (Fsp3) is 0.733. The van der Waals surface area contributed by atoms with Gasteiger partial charge in [0, 0.05) is 30.6 Å². The van der Waals surface area contributed by atoms with Crippen molar-refractivity contribution in [3.63, 3.8) is 0 Å². The first-order valence-electron chi connectivity index (χ1n) is 7.38. The average Bonchev–Trinajstić information content (AvgIpc) is 2.65. The molecule has 1 aromatic rings. The summed E-state index contributed by atoms with van der Waals surface area (Å²) < 4.78 is 5.31. The molecule has 2 rings (SSSR count). The maximum atomic E-state index is 5.31. The van der Waals surface area contributed by atoms with Crippen LogP contribution in [0.4, 0.5) is 0 Å². The Hall–Kier alpha value is -1.00. The predicted molar refractivity (Wildman–Crippen MR) is 76.0 cm³/mol. The molecule has 106 valence electrons. The maximum Gasteiger partial charge on any atom is 0.157 e. The van der Waals surface area contributed by atoms with E-state index in [0.717, 1.165) is 25.2 Å². The Morgan fingerprint density at radius 2 is 2.32 bits per heavy atom. The van der Waals surface area contributed by atoms with E-state index in [1.54, 1.807) is 7.11 Å². The van der Waals surface area contributed by atoms with Gasteiger partial charge in [0.15, 0.2) is 5.82 Å². The molecule has 0 fully saturated rings. The summed E-state index contributed by atoms with van der Waals surface area (Å²) >= 11 is 0. The molecule has 0 aromatic carbocycles. The van der Waals surface area contributed by atoms with Crippen molar-refractivity contribution < 1.29 is 4.74 Å². The van der Waals surface area contributed by atoms with Crippen LogP contribution in [0.2, 0.25) is 0 Å². The largest absolute Gasteiger partial charge is 0.374 e. The monoisotopic (exact) mass is 263 g/mol. The summed E-state index contributed by atoms with van der Waals surface area (Å²) in [6.45, 7) is 5.25. The molecule has 1 aromatic heterocycles. The van der Waals surface area contributed by atoms with Gasteiger partial charge in [0.05, 0.1) is 0 Å². The minimum absolute atomic E-state index is 0.0318. The van der Waals surface area contributed by atoms with Crippen LogP contribution in [0.25, 0.3) is 0 Å². The first-order chi connectivity index (χ1) is 9.26. The van der Waals surface area contributed by atoms with E-state index in [1.165, 1.54) is 30.5 Å². The molecule has 4 heteroatoms. The number of nitrogens with one attached hydrogen (secondary N) is 1. The lowest BCUT2D eigenvalue weighted by atomic mass is 10.0. The van der Waals surface area contributed by atoms with Crippen molar-refractivity contribution in [2.75, 3.05) is 13.7 Å². The zero-order chi connectivity index (χ0) is 13.7. The summed E-state index contributed by atoms with van der Waals surface area (Å²) in [7, 11) is 1.70. The lowest BCUT2D eigenvalue weighted by Crippen LogP contribution is -2.23. The zero-order valence-corrected chi connectivity index (χ0v) is 12.3. The Kier molecular flexibility index (Phi) is 5.28. The van der Waals surface area contributed by atoms with Crippen molar-refractivity contribution in [1.82, 2.24) is 15.3 Å². The molecular formula is C15H25N3O. The van der Waals surface area contributed by atoms with Crippen molar-refractivity contribution in [3.05, 3.63) is 23.3 Å². The first-order valence-corrected chi connectivity index (χ1v) is 7.38. The molecule has 0 aliphatic heterocycles. The van der Waals surface area contributed by atoms with Crippen LogP contribution in [0.15, 0.2) is 6.20 Å². The van der Waals surface area contributed by atoms with E-state index in [0.29, 0.717) is 6.04 Å². The Balaban J connectivity index is 2.24. The molecule has 0 saturated heterocycles. The molecule has 19 heavy (non-hydrogen) atoms. The number of hydrogen-bond acceptors (Lipinski definition) is 4. The van der Waals surface area contributed by atoms with E-state index in [9.17, 15) is 0 Å². The lowest BCUT2D eigenvalue weighted by molar-refractivity contribution is 0.111. The molecule has 1 aliphatic rings. The smallest absolute Gasteiger partial charge is 0.157 e. The van der Waals surface area contributed by atoms with E-state index in [2.05, 4.69) is 17.2 Å². The van der Waals surface area contributed by atoms with Gasteiger partial charge in [-0.25, -0.2) is 9.97 Å². The summed E-state index contributed by atoms with van der Waals surface area (Å²) in [5.74, 6) is 0.803. The number of aryl methyl sites for hydroxylation is 1. The third kappa shape index (κ3) is 3.51. The fourth-order valence-corrected chi connectivity index (χ4v) is 2.56. The third-order valence-electron chi connectivity index (χ3n) is 3.81. The molecule has 0 bridgehead atoms. The van der Waals surface area contributed by atoms with Gasteiger partial charge in [-0.1, -0.05) is 13.3 Å². The quantitative estimate of drug-likeness (QED) is 0.830. The summed E-state index contributed by atoms with van der Waals surface area (Å²) in [6, 6.07) is 0.421. The van der Waals surface area contributed by atoms with Crippen LogP contribution >= 0.6 is 0 Å². The van der Waals surface area contributed by atoms with Crippen LogP contribution in [0.5, 0.6) is 0 Å². The normalized spacial score (nSPS) is 20.7. The van der Waals surface area contributed by atoms with Gasteiger partial charge in [-0.3, -0.25) is 0 Å². The number of ether oxygens (including phenoxy) is 1. The maximum absolute atomic E-state index is 5.31. The van der Waals surface area contributed by atoms with E-state index in [1.807, 2.05) is 13.1 Å². The van der Waals surface area contributed by atoms with Gasteiger partial charge in [0.1, 0.15) is 6.10 Å². The molecule has 1 heterocycles. The second-order valence-corrected chi connectivity index (χ2v) is 5.26. The molecule has 0 radical (unpaired) electrons. The molecule has 4 nitrogen and oxygen atoms in total. The van der Waals surface area contributed by atoms with Gasteiger partial charge in [-0.2, -0.15) is 0 Å². The molecule has 2 atom stereocenters. The van der Waals surface area contributed by atoms with E-state index >= 15 is 0 Å². The number of fused-ring (bicyclic) bond motifs is 1. The number of nitrogens with zero attached hydrogens (tertiary/aromatic N) is 2. The molecule has 1 N–H and O–H groups in total. The summed E-state index contributed by atoms with van der Waals surface area (Å²) in [4.78, 5) is 9.21.